The number of nitrogens with zero attached hydrogens (tertiary/aromatic N) is 1. The van der Waals surface area contributed by atoms with Crippen LogP contribution in [0.15, 0.2) is 18.2 Å². The third-order valence-corrected chi connectivity index (χ3v) is 5.55. The number of hydrogen-bond donors (Lipinski definition) is 1. The van der Waals surface area contributed by atoms with Gasteiger partial charge in [-0.25, -0.2) is 0 Å². The normalized spacial score (nSPS) is 31.1. The smallest absolute Gasteiger partial charge is 0.231 e. The summed E-state index contributed by atoms with van der Waals surface area (Å²) in [5.41, 5.74) is 0. The van der Waals surface area contributed by atoms with Crippen molar-refractivity contribution >= 4 is 0 Å². The molecule has 2 heterocycles. The Bertz CT molecular complexity index is 595. The molecular weight excluding hydrogens is 322 g/mol. The van der Waals surface area contributed by atoms with Gasteiger partial charge in [-0.3, -0.25) is 0 Å². The highest BCUT2D eigenvalue weighted by Gasteiger charge is 2.42. The van der Waals surface area contributed by atoms with E-state index in [1.807, 2.05) is 25.1 Å². The SMILES string of the molecule is CCOCCN1C[C@H]2C[C@@H](Oc3ccc4c(c3)OCO4)[C@H](O)C[C@H]2C1. The molecule has 4 atom stereocenters. The Hall–Kier alpha value is -1.50. The summed E-state index contributed by atoms with van der Waals surface area (Å²) in [6.07, 6.45) is 1.13. The second-order valence-corrected chi connectivity index (χ2v) is 7.19. The predicted molar refractivity (Wildman–Crippen MR) is 92.1 cm³/mol. The summed E-state index contributed by atoms with van der Waals surface area (Å²) >= 11 is 0. The maximum absolute atomic E-state index is 10.5. The van der Waals surface area contributed by atoms with E-state index in [1.54, 1.807) is 0 Å². The van der Waals surface area contributed by atoms with Crippen molar-refractivity contribution < 1.29 is 24.1 Å². The first kappa shape index (κ1) is 16.9. The molecule has 1 saturated heterocycles. The molecule has 1 saturated carbocycles. The summed E-state index contributed by atoms with van der Waals surface area (Å²) < 4.78 is 22.3. The number of likely N-dealkylation sites (tertiary alicyclic amines) is 1. The Morgan fingerprint density at radius 2 is 1.96 bits per heavy atom. The van der Waals surface area contributed by atoms with Crippen molar-refractivity contribution in [1.82, 2.24) is 4.90 Å². The lowest BCUT2D eigenvalue weighted by Gasteiger charge is -2.35. The lowest BCUT2D eigenvalue weighted by molar-refractivity contribution is -0.0232. The summed E-state index contributed by atoms with van der Waals surface area (Å²) in [6.45, 7) is 6.95. The molecule has 1 N–H and O–H groups in total. The minimum absolute atomic E-state index is 0.159. The van der Waals surface area contributed by atoms with Gasteiger partial charge >= 0.3 is 0 Å². The molecule has 0 spiro atoms. The van der Waals surface area contributed by atoms with Crippen LogP contribution in [0.2, 0.25) is 0 Å². The van der Waals surface area contributed by atoms with Crippen molar-refractivity contribution in [2.75, 3.05) is 39.6 Å². The molecule has 0 aromatic heterocycles. The van der Waals surface area contributed by atoms with Crippen LogP contribution in [0.1, 0.15) is 19.8 Å². The molecule has 0 unspecified atom stereocenters. The van der Waals surface area contributed by atoms with Crippen molar-refractivity contribution in [3.8, 4) is 17.2 Å². The van der Waals surface area contributed by atoms with E-state index in [2.05, 4.69) is 4.90 Å². The molecule has 2 aliphatic heterocycles. The van der Waals surface area contributed by atoms with Crippen LogP contribution in [0.5, 0.6) is 17.2 Å². The third kappa shape index (κ3) is 3.71. The molecule has 25 heavy (non-hydrogen) atoms. The van der Waals surface area contributed by atoms with Crippen molar-refractivity contribution in [3.05, 3.63) is 18.2 Å². The minimum atomic E-state index is -0.418. The van der Waals surface area contributed by atoms with Crippen molar-refractivity contribution in [1.29, 1.82) is 0 Å². The van der Waals surface area contributed by atoms with Gasteiger partial charge in [-0.05, 0) is 43.7 Å². The summed E-state index contributed by atoms with van der Waals surface area (Å²) in [5, 5.41) is 10.5. The largest absolute Gasteiger partial charge is 0.488 e. The van der Waals surface area contributed by atoms with Crippen molar-refractivity contribution in [3.63, 3.8) is 0 Å². The summed E-state index contributed by atoms with van der Waals surface area (Å²) in [6, 6.07) is 5.60. The van der Waals surface area contributed by atoms with Crippen LogP contribution in [0, 0.1) is 11.8 Å². The first-order valence-corrected chi connectivity index (χ1v) is 9.27. The molecule has 138 valence electrons. The van der Waals surface area contributed by atoms with Crippen molar-refractivity contribution in [2.45, 2.75) is 32.0 Å². The number of rotatable bonds is 6. The summed E-state index contributed by atoms with van der Waals surface area (Å²) in [5.74, 6) is 3.34. The van der Waals surface area contributed by atoms with Crippen LogP contribution in [0.4, 0.5) is 0 Å². The highest BCUT2D eigenvalue weighted by molar-refractivity contribution is 5.46. The number of aliphatic hydroxyl groups excluding tert-OH is 1. The Labute approximate surface area is 148 Å². The van der Waals surface area contributed by atoms with Gasteiger partial charge in [0.1, 0.15) is 11.9 Å². The average molecular weight is 349 g/mol. The Kier molecular flexibility index (Phi) is 5.01. The van der Waals surface area contributed by atoms with Gasteiger partial charge in [0.25, 0.3) is 0 Å². The molecule has 0 radical (unpaired) electrons. The Morgan fingerprint density at radius 1 is 1.16 bits per heavy atom. The fourth-order valence-electron chi connectivity index (χ4n) is 4.26. The second kappa shape index (κ2) is 7.40. The molecular formula is C19H27NO5. The fourth-order valence-corrected chi connectivity index (χ4v) is 4.26. The fraction of sp³-hybridized carbons (Fsp3) is 0.684. The quantitative estimate of drug-likeness (QED) is 0.792. The highest BCUT2D eigenvalue weighted by Crippen LogP contribution is 2.40. The van der Waals surface area contributed by atoms with Crippen LogP contribution in [-0.2, 0) is 4.74 Å². The first-order chi connectivity index (χ1) is 12.2. The van der Waals surface area contributed by atoms with Gasteiger partial charge in [0, 0.05) is 32.3 Å². The molecule has 3 aliphatic rings. The van der Waals surface area contributed by atoms with E-state index in [1.165, 1.54) is 0 Å². The zero-order valence-electron chi connectivity index (χ0n) is 14.7. The molecule has 6 heteroatoms. The zero-order chi connectivity index (χ0) is 17.2. The van der Waals surface area contributed by atoms with E-state index in [9.17, 15) is 5.11 Å². The van der Waals surface area contributed by atoms with E-state index >= 15 is 0 Å². The number of hydrogen-bond acceptors (Lipinski definition) is 6. The maximum Gasteiger partial charge on any atom is 0.231 e. The van der Waals surface area contributed by atoms with E-state index in [4.69, 9.17) is 18.9 Å². The van der Waals surface area contributed by atoms with Gasteiger partial charge in [-0.2, -0.15) is 0 Å². The summed E-state index contributed by atoms with van der Waals surface area (Å²) in [4.78, 5) is 2.46. The highest BCUT2D eigenvalue weighted by atomic mass is 16.7. The molecule has 1 aromatic rings. The minimum Gasteiger partial charge on any atom is -0.488 e. The van der Waals surface area contributed by atoms with E-state index in [-0.39, 0.29) is 12.9 Å². The molecule has 0 amide bonds. The van der Waals surface area contributed by atoms with E-state index < -0.39 is 6.10 Å². The van der Waals surface area contributed by atoms with Gasteiger partial charge in [0.05, 0.1) is 12.7 Å². The molecule has 1 aliphatic carbocycles. The van der Waals surface area contributed by atoms with Crippen LogP contribution >= 0.6 is 0 Å². The van der Waals surface area contributed by atoms with Crippen molar-refractivity contribution in [2.24, 2.45) is 11.8 Å². The van der Waals surface area contributed by atoms with Gasteiger partial charge in [-0.15, -0.1) is 0 Å². The average Bonchev–Trinajstić information content (AvgIpc) is 3.21. The molecule has 2 fully saturated rings. The van der Waals surface area contributed by atoms with Crippen LogP contribution in [0.3, 0.4) is 0 Å². The third-order valence-electron chi connectivity index (χ3n) is 5.55. The summed E-state index contributed by atoms with van der Waals surface area (Å²) in [7, 11) is 0. The number of ether oxygens (including phenoxy) is 4. The Balaban J connectivity index is 1.35. The number of aliphatic hydroxyl groups is 1. The van der Waals surface area contributed by atoms with Gasteiger partial charge < -0.3 is 29.0 Å². The number of fused-ring (bicyclic) bond motifs is 2. The van der Waals surface area contributed by atoms with Gasteiger partial charge in [-0.1, -0.05) is 0 Å². The molecule has 1 aromatic carbocycles. The van der Waals surface area contributed by atoms with Crippen LogP contribution < -0.4 is 14.2 Å². The van der Waals surface area contributed by atoms with E-state index in [0.29, 0.717) is 17.6 Å². The maximum atomic E-state index is 10.5. The van der Waals surface area contributed by atoms with Crippen LogP contribution in [-0.4, -0.2) is 61.9 Å². The molecule has 6 nitrogen and oxygen atoms in total. The lowest BCUT2D eigenvalue weighted by atomic mass is 9.78. The van der Waals surface area contributed by atoms with Crippen LogP contribution in [0.25, 0.3) is 0 Å². The number of benzene rings is 1. The predicted octanol–water partition coefficient (Wildman–Crippen LogP) is 1.90. The first-order valence-electron chi connectivity index (χ1n) is 9.27. The van der Waals surface area contributed by atoms with E-state index in [0.717, 1.165) is 57.2 Å². The zero-order valence-corrected chi connectivity index (χ0v) is 14.7. The topological polar surface area (TPSA) is 60.4 Å². The van der Waals surface area contributed by atoms with Gasteiger partial charge in [0.2, 0.25) is 6.79 Å². The molecule has 4 rings (SSSR count). The Morgan fingerprint density at radius 3 is 2.80 bits per heavy atom. The monoisotopic (exact) mass is 349 g/mol. The standard InChI is InChI=1S/C19H27NO5/c1-2-22-6-5-20-10-13-7-16(21)18(8-14(13)11-20)25-15-3-4-17-19(9-15)24-12-23-17/h3-4,9,13-14,16,18,21H,2,5-8,10-12H2,1H3/t13-,14+,16+,18+/m0/s1. The van der Waals surface area contributed by atoms with Gasteiger partial charge in [0.15, 0.2) is 11.5 Å². The lowest BCUT2D eigenvalue weighted by Crippen LogP contribution is -2.42. The molecule has 0 bridgehead atoms. The second-order valence-electron chi connectivity index (χ2n) is 7.19.